The number of benzene rings is 1. The minimum Gasteiger partial charge on any atom is -0.439 e. The maximum Gasteiger partial charge on any atom is 0.267 e. The number of nitrogens with two attached hydrogens (primary N) is 2. The van der Waals surface area contributed by atoms with Crippen molar-refractivity contribution in [3.8, 4) is 23.0 Å². The minimum atomic E-state index is -0.718. The van der Waals surface area contributed by atoms with Crippen LogP contribution in [0.15, 0.2) is 48.7 Å². The van der Waals surface area contributed by atoms with Crippen LogP contribution in [-0.2, 0) is 4.79 Å². The molecular weight excluding hydrogens is 386 g/mol. The highest BCUT2D eigenvalue weighted by Gasteiger charge is 2.14. The molecule has 10 heteroatoms. The maximum atomic E-state index is 11.6. The van der Waals surface area contributed by atoms with Crippen LogP contribution in [0.25, 0.3) is 11.4 Å². The fourth-order valence-electron chi connectivity index (χ4n) is 2.45. The molecule has 0 saturated carbocycles. The molecule has 3 rings (SSSR count). The number of pyridine rings is 1. The van der Waals surface area contributed by atoms with Crippen molar-refractivity contribution in [2.45, 2.75) is 13.0 Å². The summed E-state index contributed by atoms with van der Waals surface area (Å²) in [6, 6.07) is 11.2. The van der Waals surface area contributed by atoms with Gasteiger partial charge in [-0.15, -0.1) is 0 Å². The molecular formula is C20H21N7O3. The van der Waals surface area contributed by atoms with E-state index in [-0.39, 0.29) is 17.3 Å². The van der Waals surface area contributed by atoms with Gasteiger partial charge in [-0.05, 0) is 37.3 Å². The van der Waals surface area contributed by atoms with E-state index in [1.54, 1.807) is 50.5 Å². The number of ether oxygens (including phenoxy) is 1. The van der Waals surface area contributed by atoms with E-state index in [0.717, 1.165) is 5.69 Å². The molecule has 0 radical (unpaired) electrons. The molecule has 0 bridgehead atoms. The van der Waals surface area contributed by atoms with Crippen molar-refractivity contribution in [2.24, 2.45) is 11.5 Å². The van der Waals surface area contributed by atoms with Gasteiger partial charge < -0.3 is 26.8 Å². The Balaban J connectivity index is 1.84. The minimum absolute atomic E-state index is 0.00770. The standard InChI is InChI=1S/C20H21N7O3/c1-11(18(21)28)25-16-9-15(19(22)29)26-20(27-16)12-3-6-14(7-4-12)30-17-8-5-13(23-2)10-24-17/h3-11,23H,1-2H3,(H2,21,28)(H2,22,29)(H,25,26,27)/t11-/m0/s1. The number of anilines is 2. The molecule has 3 aromatic rings. The van der Waals surface area contributed by atoms with Crippen LogP contribution in [0, 0.1) is 0 Å². The zero-order valence-electron chi connectivity index (χ0n) is 16.4. The van der Waals surface area contributed by atoms with Gasteiger partial charge in [-0.1, -0.05) is 0 Å². The molecule has 1 atom stereocenters. The van der Waals surface area contributed by atoms with Crippen LogP contribution >= 0.6 is 0 Å². The Kier molecular flexibility index (Phi) is 6.06. The molecule has 6 N–H and O–H groups in total. The smallest absolute Gasteiger partial charge is 0.267 e. The number of hydrogen-bond acceptors (Lipinski definition) is 8. The van der Waals surface area contributed by atoms with Gasteiger partial charge in [0.05, 0.1) is 11.9 Å². The molecule has 0 aliphatic carbocycles. The average Bonchev–Trinajstić information content (AvgIpc) is 2.74. The highest BCUT2D eigenvalue weighted by molar-refractivity contribution is 5.92. The highest BCUT2D eigenvalue weighted by Crippen LogP contribution is 2.25. The van der Waals surface area contributed by atoms with Crippen molar-refractivity contribution >= 4 is 23.3 Å². The van der Waals surface area contributed by atoms with Crippen molar-refractivity contribution in [1.82, 2.24) is 15.0 Å². The molecule has 0 aliphatic rings. The highest BCUT2D eigenvalue weighted by atomic mass is 16.5. The third kappa shape index (κ3) is 4.98. The molecule has 0 saturated heterocycles. The lowest BCUT2D eigenvalue weighted by molar-refractivity contribution is -0.118. The van der Waals surface area contributed by atoms with Crippen molar-refractivity contribution < 1.29 is 14.3 Å². The molecule has 30 heavy (non-hydrogen) atoms. The zero-order chi connectivity index (χ0) is 21.7. The zero-order valence-corrected chi connectivity index (χ0v) is 16.4. The summed E-state index contributed by atoms with van der Waals surface area (Å²) in [5.74, 6) is 0.247. The van der Waals surface area contributed by atoms with Gasteiger partial charge in [0.2, 0.25) is 11.8 Å². The fraction of sp³-hybridized carbons (Fsp3) is 0.150. The van der Waals surface area contributed by atoms with Gasteiger partial charge in [-0.2, -0.15) is 0 Å². The predicted molar refractivity (Wildman–Crippen MR) is 112 cm³/mol. The second kappa shape index (κ2) is 8.86. The van der Waals surface area contributed by atoms with Crippen molar-refractivity contribution in [3.05, 3.63) is 54.4 Å². The van der Waals surface area contributed by atoms with E-state index in [1.807, 2.05) is 6.07 Å². The quantitative estimate of drug-likeness (QED) is 0.440. The SMILES string of the molecule is CNc1ccc(Oc2ccc(-c3nc(N[C@@H](C)C(N)=O)cc(C(N)=O)n3)cc2)nc1. The Labute approximate surface area is 172 Å². The Morgan fingerprint density at radius 1 is 1.07 bits per heavy atom. The summed E-state index contributed by atoms with van der Waals surface area (Å²) in [5, 5.41) is 5.81. The fourth-order valence-corrected chi connectivity index (χ4v) is 2.45. The Bertz CT molecular complexity index is 1050. The van der Waals surface area contributed by atoms with Crippen molar-refractivity contribution in [3.63, 3.8) is 0 Å². The predicted octanol–water partition coefficient (Wildman–Crippen LogP) is 1.76. The third-order valence-electron chi connectivity index (χ3n) is 4.13. The van der Waals surface area contributed by atoms with Gasteiger partial charge in [0.25, 0.3) is 5.91 Å². The van der Waals surface area contributed by atoms with E-state index >= 15 is 0 Å². The number of rotatable bonds is 8. The molecule has 0 aliphatic heterocycles. The lowest BCUT2D eigenvalue weighted by Crippen LogP contribution is -2.33. The van der Waals surface area contributed by atoms with E-state index in [0.29, 0.717) is 17.2 Å². The van der Waals surface area contributed by atoms with Crippen LogP contribution in [0.4, 0.5) is 11.5 Å². The largest absolute Gasteiger partial charge is 0.439 e. The lowest BCUT2D eigenvalue weighted by atomic mass is 10.2. The molecule has 0 fully saturated rings. The first-order valence-electron chi connectivity index (χ1n) is 9.02. The Hall–Kier alpha value is -4.21. The van der Waals surface area contributed by atoms with Crippen LogP contribution < -0.4 is 26.8 Å². The van der Waals surface area contributed by atoms with Gasteiger partial charge in [0, 0.05) is 24.7 Å². The van der Waals surface area contributed by atoms with Gasteiger partial charge in [0.1, 0.15) is 23.3 Å². The molecule has 154 valence electrons. The first-order chi connectivity index (χ1) is 14.4. The maximum absolute atomic E-state index is 11.6. The number of carbonyl (C=O) groups excluding carboxylic acids is 2. The average molecular weight is 407 g/mol. The summed E-state index contributed by atoms with van der Waals surface area (Å²) >= 11 is 0. The monoisotopic (exact) mass is 407 g/mol. The number of carbonyl (C=O) groups is 2. The van der Waals surface area contributed by atoms with Crippen molar-refractivity contribution in [1.29, 1.82) is 0 Å². The third-order valence-corrected chi connectivity index (χ3v) is 4.13. The van der Waals surface area contributed by atoms with Crippen LogP contribution in [-0.4, -0.2) is 39.9 Å². The molecule has 2 heterocycles. The number of primary amides is 2. The molecule has 2 aromatic heterocycles. The van der Waals surface area contributed by atoms with E-state index < -0.39 is 17.9 Å². The van der Waals surface area contributed by atoms with E-state index in [9.17, 15) is 9.59 Å². The summed E-state index contributed by atoms with van der Waals surface area (Å²) in [7, 11) is 1.81. The second-order valence-electron chi connectivity index (χ2n) is 6.36. The summed E-state index contributed by atoms with van der Waals surface area (Å²) in [6.07, 6.45) is 1.66. The van der Waals surface area contributed by atoms with Crippen molar-refractivity contribution in [2.75, 3.05) is 17.7 Å². The molecule has 10 nitrogen and oxygen atoms in total. The van der Waals surface area contributed by atoms with Crippen LogP contribution in [0.3, 0.4) is 0 Å². The Morgan fingerprint density at radius 2 is 1.80 bits per heavy atom. The summed E-state index contributed by atoms with van der Waals surface area (Å²) in [5.41, 5.74) is 12.1. The number of aromatic nitrogens is 3. The molecule has 0 unspecified atom stereocenters. The Morgan fingerprint density at radius 3 is 2.37 bits per heavy atom. The lowest BCUT2D eigenvalue weighted by Gasteiger charge is -2.13. The molecule has 0 spiro atoms. The van der Waals surface area contributed by atoms with E-state index in [1.165, 1.54) is 6.07 Å². The van der Waals surface area contributed by atoms with Gasteiger partial charge >= 0.3 is 0 Å². The number of nitrogens with one attached hydrogen (secondary N) is 2. The normalized spacial score (nSPS) is 11.4. The van der Waals surface area contributed by atoms with Gasteiger partial charge in [-0.3, -0.25) is 9.59 Å². The van der Waals surface area contributed by atoms with Gasteiger partial charge in [0.15, 0.2) is 5.82 Å². The van der Waals surface area contributed by atoms with Gasteiger partial charge in [-0.25, -0.2) is 15.0 Å². The number of hydrogen-bond donors (Lipinski definition) is 4. The number of amides is 2. The van der Waals surface area contributed by atoms with Crippen LogP contribution in [0.2, 0.25) is 0 Å². The topological polar surface area (TPSA) is 158 Å². The summed E-state index contributed by atoms with van der Waals surface area (Å²) < 4.78 is 5.72. The molecule has 1 aromatic carbocycles. The first-order valence-corrected chi connectivity index (χ1v) is 9.02. The number of nitrogens with zero attached hydrogens (tertiary/aromatic N) is 3. The first kappa shape index (κ1) is 20.5. The van der Waals surface area contributed by atoms with Crippen LogP contribution in [0.1, 0.15) is 17.4 Å². The summed E-state index contributed by atoms with van der Waals surface area (Å²) in [6.45, 7) is 1.58. The molecule has 2 amide bonds. The second-order valence-corrected chi connectivity index (χ2v) is 6.36. The van der Waals surface area contributed by atoms with E-state index in [2.05, 4.69) is 25.6 Å². The summed E-state index contributed by atoms with van der Waals surface area (Å²) in [4.78, 5) is 35.7. The van der Waals surface area contributed by atoms with Crippen LogP contribution in [0.5, 0.6) is 11.6 Å². The van der Waals surface area contributed by atoms with E-state index in [4.69, 9.17) is 16.2 Å².